The van der Waals surface area contributed by atoms with Crippen LogP contribution in [0.2, 0.25) is 13.6 Å². The van der Waals surface area contributed by atoms with Gasteiger partial charge in [0.25, 0.3) is 0 Å². The van der Waals surface area contributed by atoms with Gasteiger partial charge in [-0.3, -0.25) is 0 Å². The number of hydrogen-bond acceptors (Lipinski definition) is 1. The van der Waals surface area contributed by atoms with Crippen LogP contribution in [-0.4, -0.2) is 6.71 Å². The average Bonchev–Trinajstić information content (AvgIpc) is 2.39. The van der Waals surface area contributed by atoms with Gasteiger partial charge in [-0.25, -0.2) is 0 Å². The fraction of sp³-hybridized carbons (Fsp3) is 0.333. The fourth-order valence-electron chi connectivity index (χ4n) is 1.99. The van der Waals surface area contributed by atoms with Gasteiger partial charge in [0.2, 0.25) is 0 Å². The van der Waals surface area contributed by atoms with Gasteiger partial charge >= 0.3 is 0 Å². The first kappa shape index (κ1) is 16.4. The highest BCUT2D eigenvalue weighted by molar-refractivity contribution is 6.70. The maximum absolute atomic E-state index is 5.90. The monoisotopic (exact) mass is 268 g/mol. The number of ether oxygens (including phenoxy) is 1. The average molecular weight is 268 g/mol. The molecular formula is C18H25BO. The first-order valence-electron chi connectivity index (χ1n) is 6.94. The van der Waals surface area contributed by atoms with E-state index in [0.29, 0.717) is 12.6 Å². The van der Waals surface area contributed by atoms with Gasteiger partial charge in [0, 0.05) is 0 Å². The van der Waals surface area contributed by atoms with Crippen molar-refractivity contribution in [2.45, 2.75) is 40.8 Å². The van der Waals surface area contributed by atoms with Crippen molar-refractivity contribution in [2.24, 2.45) is 0 Å². The Morgan fingerprint density at radius 3 is 2.10 bits per heavy atom. The zero-order chi connectivity index (χ0) is 13.8. The molecule has 0 unspecified atom stereocenters. The largest absolute Gasteiger partial charge is 0.457 e. The molecule has 0 aliphatic heterocycles. The van der Waals surface area contributed by atoms with E-state index in [9.17, 15) is 0 Å². The molecule has 0 radical (unpaired) electrons. The molecule has 106 valence electrons. The highest BCUT2D eigenvalue weighted by atomic mass is 16.5. The van der Waals surface area contributed by atoms with Gasteiger partial charge in [0.05, 0.1) is 0 Å². The molecule has 0 aliphatic carbocycles. The van der Waals surface area contributed by atoms with Crippen molar-refractivity contribution in [3.8, 4) is 11.5 Å². The van der Waals surface area contributed by atoms with Crippen molar-refractivity contribution in [3.05, 3.63) is 54.1 Å². The molecule has 0 heterocycles. The lowest BCUT2D eigenvalue weighted by molar-refractivity contribution is 0.481. The molecule has 0 fully saturated rings. The molecule has 2 aromatic rings. The van der Waals surface area contributed by atoms with Gasteiger partial charge in [0.15, 0.2) is 6.71 Å². The molecule has 0 saturated heterocycles. The van der Waals surface area contributed by atoms with Crippen molar-refractivity contribution >= 4 is 12.2 Å². The van der Waals surface area contributed by atoms with Crippen LogP contribution in [0.1, 0.15) is 32.8 Å². The van der Waals surface area contributed by atoms with Gasteiger partial charge in [0.1, 0.15) is 11.5 Å². The molecule has 2 rings (SSSR count). The third-order valence-electron chi connectivity index (χ3n) is 3.31. The van der Waals surface area contributed by atoms with Gasteiger partial charge in [-0.2, -0.15) is 0 Å². The molecule has 0 N–H and O–H groups in total. The van der Waals surface area contributed by atoms with E-state index in [1.54, 1.807) is 0 Å². The molecule has 20 heavy (non-hydrogen) atoms. The van der Waals surface area contributed by atoms with Crippen LogP contribution in [-0.2, 0) is 0 Å². The molecule has 0 spiro atoms. The maximum atomic E-state index is 5.90. The van der Waals surface area contributed by atoms with E-state index in [1.807, 2.05) is 24.3 Å². The molecule has 1 nitrogen and oxygen atoms in total. The standard InChI is InChI=1S/C17H21BO.CH4/c1-13(2)14-6-5-7-17(12-14)19-16-10-8-15(9-11-16)18(3)4;/h5-13H,1-4H3;1H4. The Morgan fingerprint density at radius 1 is 0.900 bits per heavy atom. The fourth-order valence-corrected chi connectivity index (χ4v) is 1.99. The second-order valence-electron chi connectivity index (χ2n) is 5.55. The minimum Gasteiger partial charge on any atom is -0.457 e. The summed E-state index contributed by atoms with van der Waals surface area (Å²) in [4.78, 5) is 0. The van der Waals surface area contributed by atoms with Crippen LogP contribution in [0.15, 0.2) is 48.5 Å². The molecule has 0 bridgehead atoms. The molecule has 0 aromatic heterocycles. The molecule has 0 amide bonds. The van der Waals surface area contributed by atoms with E-state index in [1.165, 1.54) is 11.0 Å². The minimum absolute atomic E-state index is 0. The smallest absolute Gasteiger partial charge is 0.169 e. The van der Waals surface area contributed by atoms with Gasteiger partial charge < -0.3 is 4.74 Å². The van der Waals surface area contributed by atoms with E-state index >= 15 is 0 Å². The molecule has 0 atom stereocenters. The van der Waals surface area contributed by atoms with Crippen LogP contribution in [0.3, 0.4) is 0 Å². The molecular weight excluding hydrogens is 243 g/mol. The number of benzene rings is 2. The summed E-state index contributed by atoms with van der Waals surface area (Å²) in [6.45, 7) is 9.33. The third kappa shape index (κ3) is 4.16. The van der Waals surface area contributed by atoms with Gasteiger partial charge in [-0.15, -0.1) is 0 Å². The van der Waals surface area contributed by atoms with Crippen LogP contribution in [0, 0.1) is 0 Å². The Hall–Kier alpha value is -1.70. The van der Waals surface area contributed by atoms with Gasteiger partial charge in [-0.05, 0) is 35.7 Å². The zero-order valence-corrected chi connectivity index (χ0v) is 12.2. The molecule has 0 aliphatic rings. The number of rotatable bonds is 4. The van der Waals surface area contributed by atoms with Crippen molar-refractivity contribution in [2.75, 3.05) is 0 Å². The summed E-state index contributed by atoms with van der Waals surface area (Å²) in [5.41, 5.74) is 2.64. The summed E-state index contributed by atoms with van der Waals surface area (Å²) >= 11 is 0. The van der Waals surface area contributed by atoms with E-state index < -0.39 is 0 Å². The summed E-state index contributed by atoms with van der Waals surface area (Å²) in [7, 11) is 0. The zero-order valence-electron chi connectivity index (χ0n) is 12.2. The second kappa shape index (κ2) is 7.18. The lowest BCUT2D eigenvalue weighted by atomic mass is 9.49. The third-order valence-corrected chi connectivity index (χ3v) is 3.31. The molecule has 0 saturated carbocycles. The van der Waals surface area contributed by atoms with E-state index in [-0.39, 0.29) is 7.43 Å². The minimum atomic E-state index is 0. The maximum Gasteiger partial charge on any atom is 0.169 e. The molecule has 2 aromatic carbocycles. The van der Waals surface area contributed by atoms with Crippen LogP contribution in [0.4, 0.5) is 0 Å². The first-order valence-corrected chi connectivity index (χ1v) is 6.94. The summed E-state index contributed by atoms with van der Waals surface area (Å²) in [6.07, 6.45) is 0. The van der Waals surface area contributed by atoms with Crippen LogP contribution in [0.5, 0.6) is 11.5 Å². The second-order valence-corrected chi connectivity index (χ2v) is 5.55. The van der Waals surface area contributed by atoms with Crippen molar-refractivity contribution in [1.82, 2.24) is 0 Å². The van der Waals surface area contributed by atoms with Crippen LogP contribution >= 0.6 is 0 Å². The summed E-state index contributed by atoms with van der Waals surface area (Å²) in [5, 5.41) is 0. The summed E-state index contributed by atoms with van der Waals surface area (Å²) < 4.78 is 5.90. The van der Waals surface area contributed by atoms with E-state index in [2.05, 4.69) is 51.8 Å². The lowest BCUT2D eigenvalue weighted by Crippen LogP contribution is -2.21. The SMILES string of the molecule is C.CB(C)c1ccc(Oc2cccc(C(C)C)c2)cc1. The number of hydrogen-bond donors (Lipinski definition) is 0. The van der Waals surface area contributed by atoms with Crippen LogP contribution < -0.4 is 10.2 Å². The Labute approximate surface area is 124 Å². The quantitative estimate of drug-likeness (QED) is 0.692. The predicted molar refractivity (Wildman–Crippen MR) is 90.9 cm³/mol. The van der Waals surface area contributed by atoms with Crippen molar-refractivity contribution < 1.29 is 4.74 Å². The lowest BCUT2D eigenvalue weighted by Gasteiger charge is -2.10. The Bertz CT molecular complexity index is 529. The highest BCUT2D eigenvalue weighted by Crippen LogP contribution is 2.24. The Balaban J connectivity index is 0.00000200. The summed E-state index contributed by atoms with van der Waals surface area (Å²) in [5.74, 6) is 2.32. The topological polar surface area (TPSA) is 9.23 Å². The van der Waals surface area contributed by atoms with Gasteiger partial charge in [-0.1, -0.05) is 64.6 Å². The summed E-state index contributed by atoms with van der Waals surface area (Å²) in [6, 6.07) is 16.6. The molecule has 2 heteroatoms. The van der Waals surface area contributed by atoms with E-state index in [0.717, 1.165) is 11.5 Å². The first-order chi connectivity index (χ1) is 9.06. The van der Waals surface area contributed by atoms with E-state index in [4.69, 9.17) is 4.74 Å². The van der Waals surface area contributed by atoms with Crippen molar-refractivity contribution in [3.63, 3.8) is 0 Å². The van der Waals surface area contributed by atoms with Crippen molar-refractivity contribution in [1.29, 1.82) is 0 Å². The Kier molecular flexibility index (Phi) is 5.88. The highest BCUT2D eigenvalue weighted by Gasteiger charge is 2.04. The normalized spacial score (nSPS) is 10.1. The predicted octanol–water partition coefficient (Wildman–Crippen LogP) is 5.20. The Morgan fingerprint density at radius 2 is 1.55 bits per heavy atom. The van der Waals surface area contributed by atoms with Crippen LogP contribution in [0.25, 0.3) is 0 Å².